The number of fused-ring (bicyclic) bond motifs is 1. The molecule has 0 spiro atoms. The molecular weight excluding hydrogens is 184 g/mol. The molecule has 0 unspecified atom stereocenters. The Morgan fingerprint density at radius 1 is 1.50 bits per heavy atom. The van der Waals surface area contributed by atoms with Crippen LogP contribution in [0.3, 0.4) is 0 Å². The lowest BCUT2D eigenvalue weighted by Gasteiger charge is -1.94. The summed E-state index contributed by atoms with van der Waals surface area (Å²) in [6.45, 7) is 0. The lowest BCUT2D eigenvalue weighted by Crippen LogP contribution is -2.02. The summed E-state index contributed by atoms with van der Waals surface area (Å²) in [5, 5.41) is 20.2. The summed E-state index contributed by atoms with van der Waals surface area (Å²) in [5.74, 6) is -0.277. The van der Waals surface area contributed by atoms with Gasteiger partial charge in [0.2, 0.25) is 0 Å². The van der Waals surface area contributed by atoms with Gasteiger partial charge in [-0.2, -0.15) is 9.61 Å². The Morgan fingerprint density at radius 3 is 3.14 bits per heavy atom. The highest BCUT2D eigenvalue weighted by molar-refractivity contribution is 5.66. The van der Waals surface area contributed by atoms with Crippen molar-refractivity contribution in [1.29, 1.82) is 0 Å². The minimum absolute atomic E-state index is 0.0391. The number of rotatable bonds is 3. The van der Waals surface area contributed by atoms with E-state index in [4.69, 9.17) is 5.11 Å². The van der Waals surface area contributed by atoms with Crippen LogP contribution in [0, 0.1) is 0 Å². The van der Waals surface area contributed by atoms with Crippen LogP contribution in [0.15, 0.2) is 18.3 Å². The second kappa shape index (κ2) is 3.41. The Balaban J connectivity index is 2.29. The molecule has 72 valence electrons. The fourth-order valence-electron chi connectivity index (χ4n) is 1.16. The maximum absolute atomic E-state index is 10.4. The Hall–Kier alpha value is -1.98. The van der Waals surface area contributed by atoms with E-state index in [1.54, 1.807) is 22.8 Å². The van der Waals surface area contributed by atoms with E-state index in [1.165, 1.54) is 0 Å². The number of aryl methyl sites for hydroxylation is 1. The summed E-state index contributed by atoms with van der Waals surface area (Å²) >= 11 is 0. The second-order valence-corrected chi connectivity index (χ2v) is 2.80. The van der Waals surface area contributed by atoms with Crippen LogP contribution in [0.25, 0.3) is 5.65 Å². The standard InChI is InChI=1S/C8H8N4O2/c13-8(14)4-3-7-11-10-6-2-1-5-9-12(6)7/h1-2,5H,3-4H2,(H,13,14). The first-order chi connectivity index (χ1) is 6.77. The topological polar surface area (TPSA) is 80.4 Å². The molecule has 0 aromatic carbocycles. The molecule has 0 bridgehead atoms. The third kappa shape index (κ3) is 1.54. The van der Waals surface area contributed by atoms with Crippen LogP contribution in [-0.4, -0.2) is 30.9 Å². The first-order valence-corrected chi connectivity index (χ1v) is 4.14. The average molecular weight is 192 g/mol. The number of nitrogens with zero attached hydrogens (tertiary/aromatic N) is 4. The monoisotopic (exact) mass is 192 g/mol. The van der Waals surface area contributed by atoms with E-state index in [2.05, 4.69) is 15.3 Å². The van der Waals surface area contributed by atoms with Crippen molar-refractivity contribution in [3.63, 3.8) is 0 Å². The van der Waals surface area contributed by atoms with Gasteiger partial charge >= 0.3 is 5.97 Å². The molecule has 0 saturated heterocycles. The lowest BCUT2D eigenvalue weighted by molar-refractivity contribution is -0.137. The molecule has 0 atom stereocenters. The van der Waals surface area contributed by atoms with E-state index in [0.717, 1.165) is 0 Å². The highest BCUT2D eigenvalue weighted by Crippen LogP contribution is 2.02. The number of carboxylic acids is 1. The predicted molar refractivity (Wildman–Crippen MR) is 46.7 cm³/mol. The van der Waals surface area contributed by atoms with Crippen molar-refractivity contribution in [2.24, 2.45) is 0 Å². The van der Waals surface area contributed by atoms with Gasteiger partial charge in [0.25, 0.3) is 0 Å². The summed E-state index contributed by atoms with van der Waals surface area (Å²) < 4.78 is 1.54. The fraction of sp³-hybridized carbons (Fsp3) is 0.250. The third-order valence-corrected chi connectivity index (χ3v) is 1.81. The van der Waals surface area contributed by atoms with Gasteiger partial charge in [0, 0.05) is 12.6 Å². The van der Waals surface area contributed by atoms with Crippen LogP contribution in [0.2, 0.25) is 0 Å². The summed E-state index contributed by atoms with van der Waals surface area (Å²) in [7, 11) is 0. The molecule has 0 aliphatic rings. The van der Waals surface area contributed by atoms with Crippen LogP contribution >= 0.6 is 0 Å². The molecule has 6 heteroatoms. The van der Waals surface area contributed by atoms with Gasteiger partial charge in [0.1, 0.15) is 0 Å². The minimum Gasteiger partial charge on any atom is -0.481 e. The second-order valence-electron chi connectivity index (χ2n) is 2.80. The maximum Gasteiger partial charge on any atom is 0.303 e. The van der Waals surface area contributed by atoms with Crippen molar-refractivity contribution in [3.05, 3.63) is 24.2 Å². The average Bonchev–Trinajstić information content (AvgIpc) is 2.58. The van der Waals surface area contributed by atoms with E-state index in [-0.39, 0.29) is 6.42 Å². The number of aliphatic carboxylic acids is 1. The van der Waals surface area contributed by atoms with Gasteiger partial charge in [-0.15, -0.1) is 10.2 Å². The van der Waals surface area contributed by atoms with E-state index in [9.17, 15) is 4.79 Å². The highest BCUT2D eigenvalue weighted by atomic mass is 16.4. The van der Waals surface area contributed by atoms with Crippen LogP contribution in [0.4, 0.5) is 0 Å². The van der Waals surface area contributed by atoms with E-state index in [1.807, 2.05) is 0 Å². The molecule has 2 aromatic heterocycles. The van der Waals surface area contributed by atoms with Crippen molar-refractivity contribution in [2.45, 2.75) is 12.8 Å². The van der Waals surface area contributed by atoms with Crippen LogP contribution in [-0.2, 0) is 11.2 Å². The quantitative estimate of drug-likeness (QED) is 0.748. The molecule has 0 aliphatic heterocycles. The molecule has 0 radical (unpaired) electrons. The van der Waals surface area contributed by atoms with E-state index < -0.39 is 5.97 Å². The van der Waals surface area contributed by atoms with Gasteiger partial charge in [-0.1, -0.05) is 0 Å². The number of hydrogen-bond donors (Lipinski definition) is 1. The number of aromatic nitrogens is 4. The Kier molecular flexibility index (Phi) is 2.10. The van der Waals surface area contributed by atoms with Crippen LogP contribution in [0.1, 0.15) is 12.2 Å². The van der Waals surface area contributed by atoms with Gasteiger partial charge in [0.05, 0.1) is 6.42 Å². The van der Waals surface area contributed by atoms with Crippen LogP contribution < -0.4 is 0 Å². The number of carboxylic acid groups (broad SMARTS) is 1. The summed E-state index contributed by atoms with van der Waals surface area (Å²) in [6, 6.07) is 3.52. The SMILES string of the molecule is O=C(O)CCc1nnc2cccnn12. The van der Waals surface area contributed by atoms with Crippen molar-refractivity contribution >= 4 is 11.6 Å². The molecule has 0 aliphatic carbocycles. The molecule has 2 rings (SSSR count). The highest BCUT2D eigenvalue weighted by Gasteiger charge is 2.07. The zero-order valence-corrected chi connectivity index (χ0v) is 7.29. The molecule has 0 fully saturated rings. The van der Waals surface area contributed by atoms with Gasteiger partial charge in [0.15, 0.2) is 11.5 Å². The zero-order chi connectivity index (χ0) is 9.97. The molecular formula is C8H8N4O2. The minimum atomic E-state index is -0.849. The van der Waals surface area contributed by atoms with Crippen molar-refractivity contribution in [3.8, 4) is 0 Å². The number of hydrogen-bond acceptors (Lipinski definition) is 4. The van der Waals surface area contributed by atoms with E-state index >= 15 is 0 Å². The van der Waals surface area contributed by atoms with Gasteiger partial charge in [-0.3, -0.25) is 4.79 Å². The van der Waals surface area contributed by atoms with Crippen molar-refractivity contribution in [2.75, 3.05) is 0 Å². The summed E-state index contributed by atoms with van der Waals surface area (Å²) in [4.78, 5) is 10.4. The van der Waals surface area contributed by atoms with Crippen molar-refractivity contribution in [1.82, 2.24) is 19.8 Å². The Labute approximate surface area is 79.2 Å². The van der Waals surface area contributed by atoms with Crippen LogP contribution in [0.5, 0.6) is 0 Å². The summed E-state index contributed by atoms with van der Waals surface area (Å²) in [5.41, 5.74) is 0.632. The summed E-state index contributed by atoms with van der Waals surface area (Å²) in [6.07, 6.45) is 1.99. The van der Waals surface area contributed by atoms with Crippen molar-refractivity contribution < 1.29 is 9.90 Å². The number of carbonyl (C=O) groups is 1. The smallest absolute Gasteiger partial charge is 0.303 e. The maximum atomic E-state index is 10.4. The molecule has 0 saturated carbocycles. The fourth-order valence-corrected chi connectivity index (χ4v) is 1.16. The first-order valence-electron chi connectivity index (χ1n) is 4.14. The normalized spacial score (nSPS) is 10.6. The largest absolute Gasteiger partial charge is 0.481 e. The molecule has 0 amide bonds. The Morgan fingerprint density at radius 2 is 2.36 bits per heavy atom. The molecule has 14 heavy (non-hydrogen) atoms. The molecule has 6 nitrogen and oxygen atoms in total. The zero-order valence-electron chi connectivity index (χ0n) is 7.29. The predicted octanol–water partition coefficient (Wildman–Crippen LogP) is 0.141. The van der Waals surface area contributed by atoms with Gasteiger partial charge in [-0.05, 0) is 12.1 Å². The first kappa shape index (κ1) is 8.61. The van der Waals surface area contributed by atoms with Gasteiger partial charge in [-0.25, -0.2) is 0 Å². The lowest BCUT2D eigenvalue weighted by atomic mass is 10.3. The molecule has 1 N–H and O–H groups in total. The molecule has 2 heterocycles. The van der Waals surface area contributed by atoms with Gasteiger partial charge < -0.3 is 5.11 Å². The molecule has 2 aromatic rings. The Bertz CT molecular complexity index is 465. The van der Waals surface area contributed by atoms with E-state index in [0.29, 0.717) is 17.9 Å². The third-order valence-electron chi connectivity index (χ3n) is 1.81.